The summed E-state index contributed by atoms with van der Waals surface area (Å²) in [5.41, 5.74) is 8.51. The molecule has 86 valence electrons. The van der Waals surface area contributed by atoms with Crippen molar-refractivity contribution in [2.45, 2.75) is 13.8 Å². The third-order valence-corrected chi connectivity index (χ3v) is 2.51. The molecule has 0 spiro atoms. The van der Waals surface area contributed by atoms with E-state index in [-0.39, 0.29) is 0 Å². The molecule has 2 aromatic heterocycles. The quantitative estimate of drug-likeness (QED) is 0.649. The van der Waals surface area contributed by atoms with Gasteiger partial charge in [0.1, 0.15) is 5.52 Å². The first-order valence-electron chi connectivity index (χ1n) is 5.24. The molecule has 5 nitrogen and oxygen atoms in total. The van der Waals surface area contributed by atoms with E-state index in [9.17, 15) is 0 Å². The Bertz CT molecular complexity index is 697. The summed E-state index contributed by atoms with van der Waals surface area (Å²) < 4.78 is 11.1. The fraction of sp³-hybridized carbons (Fsp3) is 0.167. The summed E-state index contributed by atoms with van der Waals surface area (Å²) in [7, 11) is 0. The molecule has 0 amide bonds. The molecule has 0 aliphatic heterocycles. The predicted octanol–water partition coefficient (Wildman–Crippen LogP) is 2.68. The number of fused-ring (bicyclic) bond motifs is 1. The Balaban J connectivity index is 2.21. The first-order valence-corrected chi connectivity index (χ1v) is 5.24. The van der Waals surface area contributed by atoms with Gasteiger partial charge in [0, 0.05) is 12.6 Å². The molecule has 2 heterocycles. The number of hydrogen-bond acceptors (Lipinski definition) is 5. The Morgan fingerprint density at radius 3 is 2.65 bits per heavy atom. The van der Waals surface area contributed by atoms with Crippen molar-refractivity contribution in [2.75, 3.05) is 5.73 Å². The largest absolute Gasteiger partial charge is 0.436 e. The van der Waals surface area contributed by atoms with Crippen molar-refractivity contribution < 1.29 is 8.83 Å². The molecule has 3 rings (SSSR count). The normalized spacial score (nSPS) is 11.2. The fourth-order valence-electron chi connectivity index (χ4n) is 1.77. The monoisotopic (exact) mass is 229 g/mol. The Morgan fingerprint density at radius 2 is 1.94 bits per heavy atom. The van der Waals surface area contributed by atoms with Gasteiger partial charge in [-0.05, 0) is 25.1 Å². The summed E-state index contributed by atoms with van der Waals surface area (Å²) in [5, 5.41) is 0. The summed E-state index contributed by atoms with van der Waals surface area (Å²) in [6.45, 7) is 3.65. The first-order chi connectivity index (χ1) is 8.13. The molecule has 0 fully saturated rings. The molecule has 2 N–H and O–H groups in total. The molecule has 0 atom stereocenters. The Labute approximate surface area is 97.3 Å². The number of aryl methyl sites for hydroxylation is 2. The van der Waals surface area contributed by atoms with E-state index >= 15 is 0 Å². The molecular weight excluding hydrogens is 218 g/mol. The van der Waals surface area contributed by atoms with Crippen molar-refractivity contribution in [3.8, 4) is 11.7 Å². The van der Waals surface area contributed by atoms with E-state index in [1.165, 1.54) is 0 Å². The maximum Gasteiger partial charge on any atom is 0.265 e. The number of aromatic nitrogens is 2. The van der Waals surface area contributed by atoms with Crippen LogP contribution in [0.4, 0.5) is 5.69 Å². The van der Waals surface area contributed by atoms with Crippen LogP contribution in [0, 0.1) is 13.8 Å². The average Bonchev–Trinajstić information content (AvgIpc) is 2.80. The van der Waals surface area contributed by atoms with Crippen molar-refractivity contribution in [3.63, 3.8) is 0 Å². The smallest absolute Gasteiger partial charge is 0.265 e. The zero-order valence-electron chi connectivity index (χ0n) is 9.52. The topological polar surface area (TPSA) is 78.1 Å². The summed E-state index contributed by atoms with van der Waals surface area (Å²) in [4.78, 5) is 8.52. The highest BCUT2D eigenvalue weighted by molar-refractivity contribution is 5.79. The lowest BCUT2D eigenvalue weighted by Crippen LogP contribution is -1.82. The number of anilines is 1. The minimum atomic E-state index is 0.434. The highest BCUT2D eigenvalue weighted by Gasteiger charge is 2.16. The van der Waals surface area contributed by atoms with E-state index in [4.69, 9.17) is 14.6 Å². The first kappa shape index (κ1) is 9.89. The van der Waals surface area contributed by atoms with Gasteiger partial charge in [-0.25, -0.2) is 9.97 Å². The van der Waals surface area contributed by atoms with Crippen LogP contribution in [0.15, 0.2) is 27.0 Å². The van der Waals surface area contributed by atoms with Gasteiger partial charge in [0.2, 0.25) is 5.76 Å². The molecule has 1 aromatic carbocycles. The molecule has 0 radical (unpaired) electrons. The van der Waals surface area contributed by atoms with Crippen LogP contribution in [0.5, 0.6) is 0 Å². The van der Waals surface area contributed by atoms with Crippen molar-refractivity contribution in [1.82, 2.24) is 9.97 Å². The maximum absolute atomic E-state index is 5.69. The fourth-order valence-corrected chi connectivity index (χ4v) is 1.77. The highest BCUT2D eigenvalue weighted by atomic mass is 16.4. The summed E-state index contributed by atoms with van der Waals surface area (Å²) in [6, 6.07) is 5.33. The number of nitrogens with two attached hydrogens (primary N) is 1. The lowest BCUT2D eigenvalue weighted by atomic mass is 10.3. The van der Waals surface area contributed by atoms with Gasteiger partial charge in [-0.1, -0.05) is 0 Å². The summed E-state index contributed by atoms with van der Waals surface area (Å²) >= 11 is 0. The minimum absolute atomic E-state index is 0.434. The average molecular weight is 229 g/mol. The van der Waals surface area contributed by atoms with E-state index in [0.29, 0.717) is 34.3 Å². The number of oxazole rings is 2. The molecule has 17 heavy (non-hydrogen) atoms. The van der Waals surface area contributed by atoms with Crippen LogP contribution >= 0.6 is 0 Å². The van der Waals surface area contributed by atoms with Gasteiger partial charge in [0.15, 0.2) is 11.5 Å². The molecule has 5 heteroatoms. The molecule has 0 saturated carbocycles. The third-order valence-electron chi connectivity index (χ3n) is 2.51. The van der Waals surface area contributed by atoms with Crippen LogP contribution in [0.2, 0.25) is 0 Å². The van der Waals surface area contributed by atoms with Gasteiger partial charge in [0.05, 0.1) is 5.69 Å². The molecule has 0 aliphatic rings. The van der Waals surface area contributed by atoms with Crippen molar-refractivity contribution >= 4 is 16.8 Å². The summed E-state index contributed by atoms with van der Waals surface area (Å²) in [6.07, 6.45) is 0. The second-order valence-corrected chi connectivity index (χ2v) is 3.89. The van der Waals surface area contributed by atoms with Crippen LogP contribution in [-0.4, -0.2) is 9.97 Å². The zero-order valence-corrected chi connectivity index (χ0v) is 9.52. The molecule has 0 bridgehead atoms. The lowest BCUT2D eigenvalue weighted by molar-refractivity contribution is 0.504. The minimum Gasteiger partial charge on any atom is -0.436 e. The van der Waals surface area contributed by atoms with Gasteiger partial charge in [-0.2, -0.15) is 0 Å². The maximum atomic E-state index is 5.69. The van der Waals surface area contributed by atoms with Gasteiger partial charge in [0.25, 0.3) is 5.89 Å². The van der Waals surface area contributed by atoms with E-state index in [1.807, 2.05) is 6.92 Å². The molecular formula is C12H11N3O2. The standard InChI is InChI=1S/C12H11N3O2/c1-6-11(16-7(2)14-6)12-15-9-5-8(13)3-4-10(9)17-12/h3-5H,13H2,1-2H3. The number of rotatable bonds is 1. The SMILES string of the molecule is Cc1nc(C)c(-c2nc3cc(N)ccc3o2)o1. The number of benzene rings is 1. The van der Waals surface area contributed by atoms with Crippen LogP contribution in [0.25, 0.3) is 22.8 Å². The van der Waals surface area contributed by atoms with Crippen molar-refractivity contribution in [3.05, 3.63) is 29.8 Å². The Hall–Kier alpha value is -2.30. The van der Waals surface area contributed by atoms with E-state index < -0.39 is 0 Å². The number of nitrogens with zero attached hydrogens (tertiary/aromatic N) is 2. The Morgan fingerprint density at radius 1 is 1.12 bits per heavy atom. The number of nitrogen functional groups attached to an aromatic ring is 1. The molecule has 0 saturated heterocycles. The van der Waals surface area contributed by atoms with Crippen molar-refractivity contribution in [1.29, 1.82) is 0 Å². The van der Waals surface area contributed by atoms with Gasteiger partial charge >= 0.3 is 0 Å². The Kier molecular flexibility index (Phi) is 1.95. The van der Waals surface area contributed by atoms with Crippen LogP contribution in [0.1, 0.15) is 11.6 Å². The zero-order chi connectivity index (χ0) is 12.0. The molecule has 0 aliphatic carbocycles. The van der Waals surface area contributed by atoms with Crippen molar-refractivity contribution in [2.24, 2.45) is 0 Å². The summed E-state index contributed by atoms with van der Waals surface area (Å²) in [5.74, 6) is 1.60. The molecule has 0 unspecified atom stereocenters. The predicted molar refractivity (Wildman–Crippen MR) is 63.4 cm³/mol. The van der Waals surface area contributed by atoms with Crippen LogP contribution in [0.3, 0.4) is 0 Å². The van der Waals surface area contributed by atoms with Gasteiger partial charge in [-0.15, -0.1) is 0 Å². The van der Waals surface area contributed by atoms with Crippen LogP contribution < -0.4 is 5.73 Å². The second-order valence-electron chi connectivity index (χ2n) is 3.89. The van der Waals surface area contributed by atoms with E-state index in [0.717, 1.165) is 5.69 Å². The van der Waals surface area contributed by atoms with E-state index in [1.54, 1.807) is 25.1 Å². The second kappa shape index (κ2) is 3.35. The van der Waals surface area contributed by atoms with E-state index in [2.05, 4.69) is 9.97 Å². The highest BCUT2D eigenvalue weighted by Crippen LogP contribution is 2.28. The van der Waals surface area contributed by atoms with Gasteiger partial charge < -0.3 is 14.6 Å². The third kappa shape index (κ3) is 1.56. The van der Waals surface area contributed by atoms with Crippen LogP contribution in [-0.2, 0) is 0 Å². The lowest BCUT2D eigenvalue weighted by Gasteiger charge is -1.88. The molecule has 3 aromatic rings. The number of hydrogen-bond donors (Lipinski definition) is 1. The van der Waals surface area contributed by atoms with Gasteiger partial charge in [-0.3, -0.25) is 0 Å².